The number of amides is 2. The van der Waals surface area contributed by atoms with Gasteiger partial charge in [-0.1, -0.05) is 0 Å². The molecule has 0 radical (unpaired) electrons. The summed E-state index contributed by atoms with van der Waals surface area (Å²) >= 11 is 0. The van der Waals surface area contributed by atoms with Crippen molar-refractivity contribution in [2.75, 3.05) is 56.2 Å². The summed E-state index contributed by atoms with van der Waals surface area (Å²) in [5, 5.41) is 10.2. The summed E-state index contributed by atoms with van der Waals surface area (Å²) in [5.74, 6) is 0.628. The quantitative estimate of drug-likeness (QED) is 0.508. The van der Waals surface area contributed by atoms with E-state index in [0.29, 0.717) is 44.2 Å². The predicted molar refractivity (Wildman–Crippen MR) is 128 cm³/mol. The second kappa shape index (κ2) is 9.83. The molecule has 4 N–H and O–H groups in total. The number of fused-ring (bicyclic) bond motifs is 1. The van der Waals surface area contributed by atoms with Gasteiger partial charge in [0.15, 0.2) is 6.61 Å². The normalized spacial score (nSPS) is 13.9. The number of nitrogens with one attached hydrogen (secondary N) is 1. The summed E-state index contributed by atoms with van der Waals surface area (Å²) in [6.07, 6.45) is 1.75. The molecule has 3 aromatic rings. The molecule has 0 saturated carbocycles. The van der Waals surface area contributed by atoms with Crippen LogP contribution in [0, 0.1) is 0 Å². The molecule has 9 heteroatoms. The third kappa shape index (κ3) is 5.04. The van der Waals surface area contributed by atoms with Gasteiger partial charge in [0.25, 0.3) is 5.91 Å². The molecule has 33 heavy (non-hydrogen) atoms. The first-order chi connectivity index (χ1) is 16.0. The maximum absolute atomic E-state index is 12.7. The number of benzene rings is 2. The van der Waals surface area contributed by atoms with Crippen molar-refractivity contribution in [1.29, 1.82) is 0 Å². The van der Waals surface area contributed by atoms with E-state index in [2.05, 4.69) is 9.88 Å². The summed E-state index contributed by atoms with van der Waals surface area (Å²) in [5.41, 5.74) is 9.47. The van der Waals surface area contributed by atoms with Crippen LogP contribution in [0.15, 0.2) is 48.7 Å². The molecular weight excluding hydrogens is 422 g/mol. The number of carbonyl (C=O) groups is 2. The molecule has 9 nitrogen and oxygen atoms in total. The summed E-state index contributed by atoms with van der Waals surface area (Å²) in [6, 6.07) is 13.2. The van der Waals surface area contributed by atoms with Crippen molar-refractivity contribution in [2.45, 2.75) is 6.42 Å². The molecule has 0 aliphatic carbocycles. The predicted octanol–water partition coefficient (Wildman–Crippen LogP) is 2.51. The van der Waals surface area contributed by atoms with Crippen molar-refractivity contribution in [3.63, 3.8) is 0 Å². The molecular formula is C24H29N5O4. The Morgan fingerprint density at radius 1 is 1.12 bits per heavy atom. The molecule has 0 spiro atoms. The lowest BCUT2D eigenvalue weighted by molar-refractivity contribution is -0.133. The Hall–Kier alpha value is -3.72. The first-order valence-corrected chi connectivity index (χ1v) is 11.0. The Labute approximate surface area is 192 Å². The van der Waals surface area contributed by atoms with Crippen molar-refractivity contribution >= 4 is 34.3 Å². The number of ether oxygens (including phenoxy) is 1. The molecule has 1 saturated heterocycles. The third-order valence-corrected chi connectivity index (χ3v) is 6.04. The average Bonchev–Trinajstić information content (AvgIpc) is 3.24. The van der Waals surface area contributed by atoms with E-state index in [1.165, 1.54) is 11.9 Å². The fourth-order valence-corrected chi connectivity index (χ4v) is 4.06. The Kier molecular flexibility index (Phi) is 6.69. The highest BCUT2D eigenvalue weighted by molar-refractivity contribution is 5.86. The van der Waals surface area contributed by atoms with E-state index in [4.69, 9.17) is 15.6 Å². The number of hydrogen-bond acceptors (Lipinski definition) is 5. The lowest BCUT2D eigenvalue weighted by Crippen LogP contribution is -2.50. The third-order valence-electron chi connectivity index (χ3n) is 6.04. The van der Waals surface area contributed by atoms with Gasteiger partial charge in [-0.3, -0.25) is 9.69 Å². The first kappa shape index (κ1) is 22.5. The molecule has 2 aromatic carbocycles. The van der Waals surface area contributed by atoms with Crippen LogP contribution in [0.25, 0.3) is 10.9 Å². The zero-order valence-electron chi connectivity index (χ0n) is 18.7. The van der Waals surface area contributed by atoms with Crippen LogP contribution in [-0.2, 0) is 11.2 Å². The van der Waals surface area contributed by atoms with Gasteiger partial charge in [0.2, 0.25) is 0 Å². The van der Waals surface area contributed by atoms with E-state index in [-0.39, 0.29) is 12.5 Å². The molecule has 2 heterocycles. The largest absolute Gasteiger partial charge is 0.484 e. The summed E-state index contributed by atoms with van der Waals surface area (Å²) < 4.78 is 5.80. The van der Waals surface area contributed by atoms with Crippen molar-refractivity contribution in [2.24, 2.45) is 5.73 Å². The van der Waals surface area contributed by atoms with E-state index in [0.717, 1.165) is 28.6 Å². The molecule has 174 valence electrons. The summed E-state index contributed by atoms with van der Waals surface area (Å²) in [6.45, 7) is 3.20. The molecule has 1 aromatic heterocycles. The van der Waals surface area contributed by atoms with Gasteiger partial charge in [0.05, 0.1) is 0 Å². The minimum Gasteiger partial charge on any atom is -0.484 e. The van der Waals surface area contributed by atoms with Gasteiger partial charge in [-0.15, -0.1) is 0 Å². The van der Waals surface area contributed by atoms with Gasteiger partial charge in [-0.2, -0.15) is 0 Å². The number of anilines is 2. The van der Waals surface area contributed by atoms with Crippen LogP contribution in [-0.4, -0.2) is 73.4 Å². The van der Waals surface area contributed by atoms with Gasteiger partial charge in [-0.05, 0) is 61.0 Å². The first-order valence-electron chi connectivity index (χ1n) is 11.0. The second-order valence-corrected chi connectivity index (χ2v) is 8.07. The molecule has 0 bridgehead atoms. The fourth-order valence-electron chi connectivity index (χ4n) is 4.06. The molecule has 1 aliphatic heterocycles. The van der Waals surface area contributed by atoms with E-state index in [9.17, 15) is 9.59 Å². The number of aromatic amines is 1. The molecule has 0 unspecified atom stereocenters. The number of piperazine rings is 1. The Morgan fingerprint density at radius 3 is 2.52 bits per heavy atom. The molecule has 0 atom stereocenters. The van der Waals surface area contributed by atoms with Gasteiger partial charge < -0.3 is 30.4 Å². The zero-order chi connectivity index (χ0) is 23.4. The van der Waals surface area contributed by atoms with Crippen LogP contribution in [0.1, 0.15) is 5.56 Å². The number of nitrogens with zero attached hydrogens (tertiary/aromatic N) is 3. The molecule has 1 fully saturated rings. The van der Waals surface area contributed by atoms with Gasteiger partial charge in [-0.25, -0.2) is 4.79 Å². The van der Waals surface area contributed by atoms with Crippen LogP contribution < -0.4 is 20.3 Å². The number of rotatable bonds is 7. The maximum atomic E-state index is 12.7. The minimum atomic E-state index is -0.999. The zero-order valence-corrected chi connectivity index (χ0v) is 18.7. The van der Waals surface area contributed by atoms with E-state index < -0.39 is 6.09 Å². The number of hydrogen-bond donors (Lipinski definition) is 3. The van der Waals surface area contributed by atoms with Crippen molar-refractivity contribution in [3.05, 3.63) is 54.2 Å². The highest BCUT2D eigenvalue weighted by Gasteiger charge is 2.22. The van der Waals surface area contributed by atoms with Gasteiger partial charge in [0.1, 0.15) is 5.75 Å². The molecule has 4 rings (SSSR count). The van der Waals surface area contributed by atoms with Crippen LogP contribution in [0.2, 0.25) is 0 Å². The van der Waals surface area contributed by atoms with Crippen LogP contribution in [0.5, 0.6) is 5.75 Å². The Morgan fingerprint density at radius 2 is 1.85 bits per heavy atom. The topological polar surface area (TPSA) is 115 Å². The fraction of sp³-hybridized carbons (Fsp3) is 0.333. The average molecular weight is 452 g/mol. The van der Waals surface area contributed by atoms with Gasteiger partial charge in [0, 0.05) is 61.7 Å². The number of carboxylic acid groups (broad SMARTS) is 1. The SMILES string of the molecule is CN(C(=O)O)c1ccc(N2CCN(C(=O)COc3ccc4[nH]cc(CCN)c4c3)CC2)cc1. The van der Waals surface area contributed by atoms with E-state index in [1.54, 1.807) is 12.1 Å². The van der Waals surface area contributed by atoms with Gasteiger partial charge >= 0.3 is 6.09 Å². The smallest absolute Gasteiger partial charge is 0.411 e. The Balaban J connectivity index is 1.29. The lowest BCUT2D eigenvalue weighted by Gasteiger charge is -2.36. The second-order valence-electron chi connectivity index (χ2n) is 8.07. The maximum Gasteiger partial charge on any atom is 0.411 e. The van der Waals surface area contributed by atoms with Crippen molar-refractivity contribution < 1.29 is 19.4 Å². The number of nitrogens with two attached hydrogens (primary N) is 1. The minimum absolute atomic E-state index is 0.00162. The van der Waals surface area contributed by atoms with Crippen molar-refractivity contribution in [1.82, 2.24) is 9.88 Å². The number of aromatic nitrogens is 1. The number of carbonyl (C=O) groups excluding carboxylic acids is 1. The lowest BCUT2D eigenvalue weighted by atomic mass is 10.1. The number of H-pyrrole nitrogens is 1. The van der Waals surface area contributed by atoms with Crippen LogP contribution in [0.4, 0.5) is 16.2 Å². The highest BCUT2D eigenvalue weighted by Crippen LogP contribution is 2.25. The summed E-state index contributed by atoms with van der Waals surface area (Å²) in [7, 11) is 1.51. The standard InChI is InChI=1S/C24H29N5O4/c1-27(24(31)32)18-2-4-19(5-3-18)28-10-12-29(13-11-28)23(30)16-33-20-6-7-22-21(14-20)17(8-9-25)15-26-22/h2-7,14-15,26H,8-13,16,25H2,1H3,(H,31,32). The van der Waals surface area contributed by atoms with E-state index >= 15 is 0 Å². The van der Waals surface area contributed by atoms with Crippen LogP contribution in [0.3, 0.4) is 0 Å². The van der Waals surface area contributed by atoms with Crippen LogP contribution >= 0.6 is 0 Å². The Bertz CT molecular complexity index is 1120. The molecule has 1 aliphatic rings. The van der Waals surface area contributed by atoms with Crippen molar-refractivity contribution in [3.8, 4) is 5.75 Å². The summed E-state index contributed by atoms with van der Waals surface area (Å²) in [4.78, 5) is 32.2. The molecule has 2 amide bonds. The van der Waals surface area contributed by atoms with E-state index in [1.807, 2.05) is 41.4 Å². The highest BCUT2D eigenvalue weighted by atomic mass is 16.5. The monoisotopic (exact) mass is 451 g/mol.